The van der Waals surface area contributed by atoms with E-state index in [1.807, 2.05) is 30.3 Å². The van der Waals surface area contributed by atoms with Gasteiger partial charge in [-0.25, -0.2) is 0 Å². The van der Waals surface area contributed by atoms with Gasteiger partial charge >= 0.3 is 18.7 Å². The first-order chi connectivity index (χ1) is 16.1. The molecule has 0 aliphatic carbocycles. The predicted molar refractivity (Wildman–Crippen MR) is 115 cm³/mol. The first-order valence-electron chi connectivity index (χ1n) is 11.0. The SMILES string of the molecule is CN(C(=O)C(F)(F)F)c1ccc(OC(F)F)c(C2CC[C@@]3(CCCN[C@H]3c3ccccc3)O2)c1. The largest absolute Gasteiger partial charge is 0.471 e. The van der Waals surface area contributed by atoms with E-state index in [4.69, 9.17) is 4.74 Å². The molecule has 2 saturated heterocycles. The number of rotatable bonds is 5. The molecule has 34 heavy (non-hydrogen) atoms. The van der Waals surface area contributed by atoms with Crippen LogP contribution in [0.1, 0.15) is 49.0 Å². The Bertz CT molecular complexity index is 1020. The molecule has 0 saturated carbocycles. The maximum absolute atomic E-state index is 13.1. The van der Waals surface area contributed by atoms with E-state index in [0.717, 1.165) is 44.1 Å². The number of hydrogen-bond donors (Lipinski definition) is 1. The number of halogens is 5. The summed E-state index contributed by atoms with van der Waals surface area (Å²) in [7, 11) is 0.982. The number of ether oxygens (including phenoxy) is 2. The van der Waals surface area contributed by atoms with Crippen molar-refractivity contribution >= 4 is 11.6 Å². The molecular weight excluding hydrogens is 459 g/mol. The minimum atomic E-state index is -5.07. The summed E-state index contributed by atoms with van der Waals surface area (Å²) in [6, 6.07) is 13.2. The third-order valence-electron chi connectivity index (χ3n) is 6.48. The minimum absolute atomic E-state index is 0.0927. The first-order valence-corrected chi connectivity index (χ1v) is 11.0. The summed E-state index contributed by atoms with van der Waals surface area (Å²) >= 11 is 0. The van der Waals surface area contributed by atoms with Crippen LogP contribution in [0.3, 0.4) is 0 Å². The molecule has 2 aromatic rings. The van der Waals surface area contributed by atoms with Crippen molar-refractivity contribution in [1.82, 2.24) is 5.32 Å². The topological polar surface area (TPSA) is 50.8 Å². The van der Waals surface area contributed by atoms with Gasteiger partial charge in [-0.3, -0.25) is 4.79 Å². The van der Waals surface area contributed by atoms with E-state index < -0.39 is 30.4 Å². The smallest absolute Gasteiger partial charge is 0.434 e. The van der Waals surface area contributed by atoms with Crippen molar-refractivity contribution in [1.29, 1.82) is 0 Å². The van der Waals surface area contributed by atoms with Crippen LogP contribution in [0.5, 0.6) is 5.75 Å². The molecule has 1 unspecified atom stereocenters. The molecule has 1 amide bonds. The van der Waals surface area contributed by atoms with E-state index in [9.17, 15) is 26.7 Å². The van der Waals surface area contributed by atoms with Crippen LogP contribution >= 0.6 is 0 Å². The second-order valence-electron chi connectivity index (χ2n) is 8.57. The third-order valence-corrected chi connectivity index (χ3v) is 6.48. The summed E-state index contributed by atoms with van der Waals surface area (Å²) in [5.41, 5.74) is 0.533. The number of nitrogens with one attached hydrogen (secondary N) is 1. The van der Waals surface area contributed by atoms with Gasteiger partial charge in [0, 0.05) is 18.3 Å². The fourth-order valence-electron chi connectivity index (χ4n) is 4.93. The van der Waals surface area contributed by atoms with Crippen molar-refractivity contribution in [3.63, 3.8) is 0 Å². The molecule has 0 radical (unpaired) electrons. The summed E-state index contributed by atoms with van der Waals surface area (Å²) in [6.45, 7) is -2.32. The molecule has 0 aromatic heterocycles. The Labute approximate surface area is 193 Å². The van der Waals surface area contributed by atoms with Gasteiger partial charge in [-0.15, -0.1) is 0 Å². The van der Waals surface area contributed by atoms with E-state index in [0.29, 0.717) is 17.7 Å². The van der Waals surface area contributed by atoms with Gasteiger partial charge in [0.15, 0.2) is 0 Å². The lowest BCUT2D eigenvalue weighted by molar-refractivity contribution is -0.170. The Kier molecular flexibility index (Phi) is 6.82. The number of carbonyl (C=O) groups is 1. The third kappa shape index (κ3) is 4.88. The van der Waals surface area contributed by atoms with Gasteiger partial charge in [0.2, 0.25) is 0 Å². The Hall–Kier alpha value is -2.72. The highest BCUT2D eigenvalue weighted by molar-refractivity contribution is 5.96. The molecule has 2 heterocycles. The fourth-order valence-corrected chi connectivity index (χ4v) is 4.93. The number of anilines is 1. The van der Waals surface area contributed by atoms with Crippen LogP contribution in [-0.2, 0) is 9.53 Å². The Balaban J connectivity index is 1.67. The van der Waals surface area contributed by atoms with Crippen molar-refractivity contribution in [2.75, 3.05) is 18.5 Å². The number of carbonyl (C=O) groups excluding carboxylic acids is 1. The first kappa shape index (κ1) is 24.4. The van der Waals surface area contributed by atoms with E-state index in [2.05, 4.69) is 10.1 Å². The summed E-state index contributed by atoms with van der Waals surface area (Å²) in [5, 5.41) is 3.49. The molecule has 2 aliphatic heterocycles. The van der Waals surface area contributed by atoms with Crippen LogP contribution in [0, 0.1) is 0 Å². The number of nitrogens with zero attached hydrogens (tertiary/aromatic N) is 1. The normalized spacial score (nSPS) is 25.0. The van der Waals surface area contributed by atoms with E-state index in [-0.39, 0.29) is 23.0 Å². The van der Waals surface area contributed by atoms with Gasteiger partial charge in [-0.05, 0) is 56.0 Å². The number of benzene rings is 2. The molecular formula is C24H25F5N2O3. The zero-order chi connectivity index (χ0) is 24.5. The van der Waals surface area contributed by atoms with Crippen molar-refractivity contribution in [2.24, 2.45) is 0 Å². The van der Waals surface area contributed by atoms with Gasteiger partial charge in [0.1, 0.15) is 5.75 Å². The highest BCUT2D eigenvalue weighted by Crippen LogP contribution is 2.51. The fraction of sp³-hybridized carbons (Fsp3) is 0.458. The number of amides is 1. The van der Waals surface area contributed by atoms with Crippen LogP contribution in [0.25, 0.3) is 0 Å². The lowest BCUT2D eigenvalue weighted by Crippen LogP contribution is -2.48. The second kappa shape index (κ2) is 9.50. The van der Waals surface area contributed by atoms with Crippen LogP contribution < -0.4 is 15.0 Å². The summed E-state index contributed by atoms with van der Waals surface area (Å²) in [4.78, 5) is 12.2. The van der Waals surface area contributed by atoms with Gasteiger partial charge in [0.05, 0.1) is 17.7 Å². The predicted octanol–water partition coefficient (Wildman–Crippen LogP) is 5.53. The van der Waals surface area contributed by atoms with E-state index >= 15 is 0 Å². The Morgan fingerprint density at radius 1 is 1.18 bits per heavy atom. The quantitative estimate of drug-likeness (QED) is 0.568. The maximum Gasteiger partial charge on any atom is 0.471 e. The molecule has 2 fully saturated rings. The van der Waals surface area contributed by atoms with Gasteiger partial charge in [-0.1, -0.05) is 30.3 Å². The summed E-state index contributed by atoms with van der Waals surface area (Å²) in [5.74, 6) is -2.25. The number of hydrogen-bond acceptors (Lipinski definition) is 4. The van der Waals surface area contributed by atoms with E-state index in [1.54, 1.807) is 0 Å². The minimum Gasteiger partial charge on any atom is -0.434 e. The van der Waals surface area contributed by atoms with Gasteiger partial charge in [-0.2, -0.15) is 22.0 Å². The lowest BCUT2D eigenvalue weighted by atomic mass is 9.80. The number of piperidine rings is 1. The zero-order valence-electron chi connectivity index (χ0n) is 18.4. The molecule has 1 N–H and O–H groups in total. The Morgan fingerprint density at radius 2 is 1.91 bits per heavy atom. The summed E-state index contributed by atoms with van der Waals surface area (Å²) in [6.07, 6.45) is -3.07. The van der Waals surface area contributed by atoms with Crippen molar-refractivity contribution in [3.8, 4) is 5.75 Å². The maximum atomic E-state index is 13.1. The molecule has 10 heteroatoms. The molecule has 5 nitrogen and oxygen atoms in total. The van der Waals surface area contributed by atoms with Gasteiger partial charge in [0.25, 0.3) is 0 Å². The molecule has 184 valence electrons. The molecule has 2 aliphatic rings. The van der Waals surface area contributed by atoms with Crippen molar-refractivity contribution < 1.29 is 36.2 Å². The molecule has 1 spiro atoms. The summed E-state index contributed by atoms with van der Waals surface area (Å²) < 4.78 is 76.1. The van der Waals surface area contributed by atoms with Crippen LogP contribution in [-0.4, -0.2) is 37.9 Å². The van der Waals surface area contributed by atoms with Crippen molar-refractivity contribution in [2.45, 2.75) is 56.2 Å². The molecule has 2 aromatic carbocycles. The zero-order valence-corrected chi connectivity index (χ0v) is 18.4. The molecule has 0 bridgehead atoms. The van der Waals surface area contributed by atoms with Crippen LogP contribution in [0.15, 0.2) is 48.5 Å². The van der Waals surface area contributed by atoms with Crippen LogP contribution in [0.2, 0.25) is 0 Å². The average Bonchev–Trinajstić information content (AvgIpc) is 3.22. The standard InChI is InChI=1S/C24H25F5N2O3/c1-31(21(32)24(27,28)29)16-8-9-18(33-22(25)26)17(14-16)19-10-12-23(34-19)11-5-13-30-20(23)15-6-3-2-4-7-15/h2-4,6-9,14,19-20,22,30H,5,10-13H2,1H3/t19?,20-,23+/m0/s1. The van der Waals surface area contributed by atoms with Crippen LogP contribution in [0.4, 0.5) is 27.6 Å². The highest BCUT2D eigenvalue weighted by Gasteiger charge is 2.49. The van der Waals surface area contributed by atoms with Crippen molar-refractivity contribution in [3.05, 3.63) is 59.7 Å². The molecule has 4 rings (SSSR count). The second-order valence-corrected chi connectivity index (χ2v) is 8.57. The Morgan fingerprint density at radius 3 is 2.59 bits per heavy atom. The number of alkyl halides is 5. The highest BCUT2D eigenvalue weighted by atomic mass is 19.4. The van der Waals surface area contributed by atoms with Gasteiger partial charge < -0.3 is 19.7 Å². The lowest BCUT2D eigenvalue weighted by Gasteiger charge is -2.42. The molecule has 3 atom stereocenters. The van der Waals surface area contributed by atoms with E-state index in [1.165, 1.54) is 6.07 Å². The monoisotopic (exact) mass is 484 g/mol. The average molecular weight is 484 g/mol.